The van der Waals surface area contributed by atoms with Gasteiger partial charge in [0.2, 0.25) is 15.9 Å². The molecular weight excluding hydrogens is 697 g/mol. The Morgan fingerprint density at radius 3 is 2.11 bits per heavy atom. The number of primary sulfonamides is 1. The standard InChI is InChI=1S/C44H54N4O5S/c45-54(51,52)42-17-15-36(16-18-42)23-28-48(43(49)33-53-32-37-7-2-1-3-8-37)31-38-11-5-12-39(29-38)40-13-6-14-41(30-40)44(50)47-26-21-35(22-27-47)10-4-9-34-19-24-46-25-20-34/h1-3,5-8,11-18,29-30,34-35,46H,4,9-10,19-28,31-33H2,(H2,45,51,52). The van der Waals surface area contributed by atoms with Gasteiger partial charge in [-0.05, 0) is 115 Å². The molecule has 0 bridgehead atoms. The average Bonchev–Trinajstić information content (AvgIpc) is 3.20. The van der Waals surface area contributed by atoms with E-state index in [1.807, 2.05) is 77.7 Å². The van der Waals surface area contributed by atoms with Crippen LogP contribution in [-0.4, -0.2) is 69.4 Å². The maximum atomic E-state index is 13.7. The van der Waals surface area contributed by atoms with E-state index in [0.29, 0.717) is 37.6 Å². The fraction of sp³-hybridized carbons (Fsp3) is 0.409. The molecule has 2 amide bonds. The van der Waals surface area contributed by atoms with E-state index < -0.39 is 10.0 Å². The van der Waals surface area contributed by atoms with Crippen LogP contribution in [0.5, 0.6) is 0 Å². The summed E-state index contributed by atoms with van der Waals surface area (Å²) in [4.78, 5) is 31.1. The lowest BCUT2D eigenvalue weighted by atomic mass is 9.87. The Balaban J connectivity index is 1.07. The lowest BCUT2D eigenvalue weighted by Gasteiger charge is -2.32. The zero-order chi connectivity index (χ0) is 37.8. The molecule has 4 aromatic carbocycles. The van der Waals surface area contributed by atoms with Crippen LogP contribution in [0.2, 0.25) is 0 Å². The molecule has 2 fully saturated rings. The zero-order valence-electron chi connectivity index (χ0n) is 31.2. The summed E-state index contributed by atoms with van der Waals surface area (Å²) in [6, 6.07) is 32.1. The minimum atomic E-state index is -3.79. The third kappa shape index (κ3) is 11.6. The molecule has 2 heterocycles. The molecule has 0 unspecified atom stereocenters. The number of rotatable bonds is 16. The molecule has 54 heavy (non-hydrogen) atoms. The van der Waals surface area contributed by atoms with Crippen LogP contribution < -0.4 is 10.5 Å². The smallest absolute Gasteiger partial charge is 0.253 e. The number of ether oxygens (including phenoxy) is 1. The van der Waals surface area contributed by atoms with Gasteiger partial charge in [0.15, 0.2) is 0 Å². The molecular formula is C44H54N4O5S. The van der Waals surface area contributed by atoms with Gasteiger partial charge >= 0.3 is 0 Å². The van der Waals surface area contributed by atoms with Gasteiger partial charge in [-0.25, -0.2) is 13.6 Å². The third-order valence-corrected chi connectivity index (χ3v) is 11.9. The normalized spacial score (nSPS) is 15.6. The number of sulfonamides is 1. The van der Waals surface area contributed by atoms with Gasteiger partial charge in [0, 0.05) is 31.7 Å². The molecule has 2 aliphatic heterocycles. The fourth-order valence-electron chi connectivity index (χ4n) is 7.70. The van der Waals surface area contributed by atoms with Crippen LogP contribution >= 0.6 is 0 Å². The number of hydrogen-bond acceptors (Lipinski definition) is 6. The molecule has 0 atom stereocenters. The van der Waals surface area contributed by atoms with Gasteiger partial charge in [-0.15, -0.1) is 0 Å². The zero-order valence-corrected chi connectivity index (χ0v) is 32.0. The molecule has 286 valence electrons. The average molecular weight is 751 g/mol. The molecule has 9 nitrogen and oxygen atoms in total. The van der Waals surface area contributed by atoms with Crippen LogP contribution in [0, 0.1) is 11.8 Å². The second kappa shape index (κ2) is 19.3. The van der Waals surface area contributed by atoms with Crippen molar-refractivity contribution in [2.75, 3.05) is 39.3 Å². The first-order valence-corrected chi connectivity index (χ1v) is 21.0. The van der Waals surface area contributed by atoms with E-state index in [2.05, 4.69) is 11.4 Å². The van der Waals surface area contributed by atoms with Crippen molar-refractivity contribution in [3.63, 3.8) is 0 Å². The number of amides is 2. The predicted octanol–water partition coefficient (Wildman–Crippen LogP) is 6.81. The molecule has 0 radical (unpaired) electrons. The number of carbonyl (C=O) groups is 2. The summed E-state index contributed by atoms with van der Waals surface area (Å²) < 4.78 is 29.3. The number of piperidine rings is 2. The van der Waals surface area contributed by atoms with E-state index in [9.17, 15) is 18.0 Å². The van der Waals surface area contributed by atoms with E-state index in [-0.39, 0.29) is 23.3 Å². The van der Waals surface area contributed by atoms with Crippen molar-refractivity contribution < 1.29 is 22.7 Å². The van der Waals surface area contributed by atoms with Crippen LogP contribution in [0.1, 0.15) is 72.0 Å². The Morgan fingerprint density at radius 1 is 0.759 bits per heavy atom. The molecule has 0 spiro atoms. The Labute approximate surface area is 320 Å². The van der Waals surface area contributed by atoms with Crippen molar-refractivity contribution in [1.82, 2.24) is 15.1 Å². The van der Waals surface area contributed by atoms with E-state index in [4.69, 9.17) is 9.88 Å². The van der Waals surface area contributed by atoms with Crippen LogP contribution in [0.4, 0.5) is 0 Å². The molecule has 0 aromatic heterocycles. The highest BCUT2D eigenvalue weighted by atomic mass is 32.2. The highest BCUT2D eigenvalue weighted by Crippen LogP contribution is 2.28. The molecule has 0 saturated carbocycles. The monoisotopic (exact) mass is 750 g/mol. The van der Waals surface area contributed by atoms with Crippen LogP contribution in [-0.2, 0) is 39.1 Å². The van der Waals surface area contributed by atoms with E-state index in [0.717, 1.165) is 72.8 Å². The van der Waals surface area contributed by atoms with E-state index in [1.54, 1.807) is 17.0 Å². The lowest BCUT2D eigenvalue weighted by Crippen LogP contribution is -2.38. The predicted molar refractivity (Wildman–Crippen MR) is 213 cm³/mol. The van der Waals surface area contributed by atoms with Gasteiger partial charge in [0.25, 0.3) is 5.91 Å². The number of carbonyl (C=O) groups excluding carboxylic acids is 2. The quantitative estimate of drug-likeness (QED) is 0.130. The minimum Gasteiger partial charge on any atom is -0.367 e. The number of nitrogens with one attached hydrogen (secondary N) is 1. The number of hydrogen-bond donors (Lipinski definition) is 2. The summed E-state index contributed by atoms with van der Waals surface area (Å²) in [6.07, 6.45) is 9.21. The molecule has 0 aliphatic carbocycles. The first-order chi connectivity index (χ1) is 26.2. The molecule has 3 N–H and O–H groups in total. The Bertz CT molecular complexity index is 1920. The Morgan fingerprint density at radius 2 is 1.41 bits per heavy atom. The van der Waals surface area contributed by atoms with Crippen molar-refractivity contribution in [3.05, 3.63) is 125 Å². The number of benzene rings is 4. The SMILES string of the molecule is NS(=O)(=O)c1ccc(CCN(Cc2cccc(-c3cccc(C(=O)N4CCC(CCCC5CCNCC5)CC4)c3)c2)C(=O)COCc2ccccc2)cc1. The van der Waals surface area contributed by atoms with Crippen LogP contribution in [0.3, 0.4) is 0 Å². The van der Waals surface area contributed by atoms with E-state index >= 15 is 0 Å². The Hall–Kier alpha value is -4.35. The maximum Gasteiger partial charge on any atom is 0.253 e. The highest BCUT2D eigenvalue weighted by molar-refractivity contribution is 7.89. The molecule has 6 rings (SSSR count). The van der Waals surface area contributed by atoms with Crippen molar-refractivity contribution in [2.24, 2.45) is 17.0 Å². The van der Waals surface area contributed by atoms with Crippen molar-refractivity contribution in [2.45, 2.75) is 69.4 Å². The van der Waals surface area contributed by atoms with Gasteiger partial charge in [0.1, 0.15) is 6.61 Å². The second-order valence-corrected chi connectivity index (χ2v) is 16.4. The van der Waals surface area contributed by atoms with Gasteiger partial charge < -0.3 is 19.9 Å². The van der Waals surface area contributed by atoms with Crippen LogP contribution in [0.15, 0.2) is 108 Å². The summed E-state index contributed by atoms with van der Waals surface area (Å²) in [6.45, 7) is 4.98. The van der Waals surface area contributed by atoms with Crippen LogP contribution in [0.25, 0.3) is 11.1 Å². The molecule has 2 aliphatic rings. The van der Waals surface area contributed by atoms with E-state index in [1.165, 1.54) is 44.2 Å². The largest absolute Gasteiger partial charge is 0.367 e. The summed E-state index contributed by atoms with van der Waals surface area (Å²) in [7, 11) is -3.79. The maximum absolute atomic E-state index is 13.7. The first kappa shape index (κ1) is 39.3. The van der Waals surface area contributed by atoms with Crippen molar-refractivity contribution >= 4 is 21.8 Å². The van der Waals surface area contributed by atoms with Gasteiger partial charge in [-0.2, -0.15) is 0 Å². The molecule has 2 saturated heterocycles. The minimum absolute atomic E-state index is 0.0503. The Kier molecular flexibility index (Phi) is 14.1. The molecule has 4 aromatic rings. The van der Waals surface area contributed by atoms with Gasteiger partial charge in [-0.3, -0.25) is 9.59 Å². The summed E-state index contributed by atoms with van der Waals surface area (Å²) in [5.74, 6) is 1.53. The highest BCUT2D eigenvalue weighted by Gasteiger charge is 2.24. The third-order valence-electron chi connectivity index (χ3n) is 10.9. The summed E-state index contributed by atoms with van der Waals surface area (Å²) >= 11 is 0. The molecule has 10 heteroatoms. The van der Waals surface area contributed by atoms with Crippen molar-refractivity contribution in [3.8, 4) is 11.1 Å². The number of likely N-dealkylation sites (tertiary alicyclic amines) is 1. The number of nitrogens with two attached hydrogens (primary N) is 1. The van der Waals surface area contributed by atoms with Crippen molar-refractivity contribution in [1.29, 1.82) is 0 Å². The van der Waals surface area contributed by atoms with Gasteiger partial charge in [-0.1, -0.05) is 92.1 Å². The number of nitrogens with zero attached hydrogens (tertiary/aromatic N) is 2. The van der Waals surface area contributed by atoms with Gasteiger partial charge in [0.05, 0.1) is 11.5 Å². The topological polar surface area (TPSA) is 122 Å². The summed E-state index contributed by atoms with van der Waals surface area (Å²) in [5, 5.41) is 8.74. The lowest BCUT2D eigenvalue weighted by molar-refractivity contribution is -0.137. The summed E-state index contributed by atoms with van der Waals surface area (Å²) in [5.41, 5.74) is 5.45. The first-order valence-electron chi connectivity index (χ1n) is 19.4. The second-order valence-electron chi connectivity index (χ2n) is 14.9. The fourth-order valence-corrected chi connectivity index (χ4v) is 8.21.